The fraction of sp³-hybridized carbons (Fsp3) is 0.636. The Morgan fingerprint density at radius 3 is 2.56 bits per heavy atom. The Labute approximate surface area is 192 Å². The molecule has 2 aromatic heterocycles. The maximum Gasteiger partial charge on any atom is 0.230 e. The average Bonchev–Trinajstić information content (AvgIpc) is 3.44. The molecule has 2 saturated heterocycles. The maximum atomic E-state index is 12.6. The Morgan fingerprint density at radius 2 is 1.91 bits per heavy atom. The lowest BCUT2D eigenvalue weighted by atomic mass is 10.00. The zero-order chi connectivity index (χ0) is 22.5. The monoisotopic (exact) mass is 460 g/mol. The van der Waals surface area contributed by atoms with Crippen molar-refractivity contribution in [2.75, 3.05) is 36.8 Å². The number of carbonyl (C=O) groups excluding carboxylic acids is 2. The van der Waals surface area contributed by atoms with Crippen LogP contribution in [0.2, 0.25) is 0 Å². The van der Waals surface area contributed by atoms with Crippen LogP contribution in [0.5, 0.6) is 0 Å². The second-order valence-electron chi connectivity index (χ2n) is 8.75. The lowest BCUT2D eigenvalue weighted by molar-refractivity contribution is -0.130. The van der Waals surface area contributed by atoms with Gasteiger partial charge in [-0.15, -0.1) is 10.2 Å². The van der Waals surface area contributed by atoms with Crippen molar-refractivity contribution in [1.82, 2.24) is 25.0 Å². The van der Waals surface area contributed by atoms with Crippen molar-refractivity contribution >= 4 is 29.5 Å². The van der Waals surface area contributed by atoms with Gasteiger partial charge in [-0.2, -0.15) is 0 Å². The van der Waals surface area contributed by atoms with Gasteiger partial charge in [-0.05, 0) is 43.7 Å². The van der Waals surface area contributed by atoms with E-state index < -0.39 is 0 Å². The first-order valence-corrected chi connectivity index (χ1v) is 12.4. The normalized spacial score (nSPS) is 18.2. The van der Waals surface area contributed by atoms with Gasteiger partial charge in [-0.1, -0.05) is 18.7 Å². The molecule has 2 aliphatic rings. The number of nitrogens with zero attached hydrogens (tertiary/aromatic N) is 5. The average molecular weight is 461 g/mol. The number of furan rings is 1. The number of carbonyl (C=O) groups is 2. The Bertz CT molecular complexity index is 899. The molecule has 1 N–H and O–H groups in total. The summed E-state index contributed by atoms with van der Waals surface area (Å²) in [5.74, 6) is 2.76. The van der Waals surface area contributed by atoms with Crippen molar-refractivity contribution in [3.8, 4) is 0 Å². The highest BCUT2D eigenvalue weighted by atomic mass is 32.2. The third-order valence-corrected chi connectivity index (χ3v) is 7.26. The molecule has 0 bridgehead atoms. The highest BCUT2D eigenvalue weighted by Crippen LogP contribution is 2.27. The van der Waals surface area contributed by atoms with Crippen molar-refractivity contribution in [2.45, 2.75) is 57.3 Å². The number of rotatable bonds is 7. The molecule has 0 aliphatic carbocycles. The number of thioether (sulfide) groups is 1. The number of nitrogens with one attached hydrogen (secondary N) is 1. The van der Waals surface area contributed by atoms with E-state index in [2.05, 4.69) is 31.9 Å². The predicted octanol–water partition coefficient (Wildman–Crippen LogP) is 2.37. The number of hydrogen-bond acceptors (Lipinski definition) is 7. The SMILES string of the molecule is CC(=O)N1CCC(NC(=O)CSc2nnc(N3CCC(C)CC3)n2Cc2ccco2)CC1. The van der Waals surface area contributed by atoms with Crippen LogP contribution in [-0.2, 0) is 16.1 Å². The Balaban J connectivity index is 1.37. The van der Waals surface area contributed by atoms with E-state index in [4.69, 9.17) is 4.42 Å². The number of anilines is 1. The van der Waals surface area contributed by atoms with Crippen LogP contribution in [0.25, 0.3) is 0 Å². The molecule has 2 amide bonds. The zero-order valence-corrected chi connectivity index (χ0v) is 19.6. The summed E-state index contributed by atoms with van der Waals surface area (Å²) < 4.78 is 7.62. The van der Waals surface area contributed by atoms with E-state index in [1.807, 2.05) is 17.0 Å². The summed E-state index contributed by atoms with van der Waals surface area (Å²) in [7, 11) is 0. The van der Waals surface area contributed by atoms with Crippen molar-refractivity contribution < 1.29 is 14.0 Å². The molecule has 9 nitrogen and oxygen atoms in total. The van der Waals surface area contributed by atoms with Gasteiger partial charge < -0.3 is 19.5 Å². The van der Waals surface area contributed by atoms with E-state index in [-0.39, 0.29) is 23.6 Å². The first-order chi connectivity index (χ1) is 15.5. The third kappa shape index (κ3) is 5.65. The van der Waals surface area contributed by atoms with E-state index in [1.54, 1.807) is 13.2 Å². The standard InChI is InChI=1S/C22H32N6O3S/c1-16-5-9-27(10-6-16)21-24-25-22(28(21)14-19-4-3-13-31-19)32-15-20(30)23-18-7-11-26(12-8-18)17(2)29/h3-4,13,16,18H,5-12,14-15H2,1-2H3,(H,23,30). The highest BCUT2D eigenvalue weighted by Gasteiger charge is 2.25. The van der Waals surface area contributed by atoms with Crippen molar-refractivity contribution in [3.05, 3.63) is 24.2 Å². The van der Waals surface area contributed by atoms with Gasteiger partial charge in [-0.3, -0.25) is 14.2 Å². The summed E-state index contributed by atoms with van der Waals surface area (Å²) in [6.07, 6.45) is 5.53. The zero-order valence-electron chi connectivity index (χ0n) is 18.8. The summed E-state index contributed by atoms with van der Waals surface area (Å²) >= 11 is 1.40. The van der Waals surface area contributed by atoms with Gasteiger partial charge in [0.2, 0.25) is 17.8 Å². The molecule has 2 fully saturated rings. The molecule has 0 spiro atoms. The minimum absolute atomic E-state index is 0.0165. The first kappa shape index (κ1) is 22.7. The molecule has 4 rings (SSSR count). The van der Waals surface area contributed by atoms with Crippen LogP contribution in [0.3, 0.4) is 0 Å². The van der Waals surface area contributed by atoms with E-state index in [0.717, 1.165) is 61.6 Å². The van der Waals surface area contributed by atoms with E-state index in [9.17, 15) is 9.59 Å². The summed E-state index contributed by atoms with van der Waals surface area (Å²) in [5.41, 5.74) is 0. The number of hydrogen-bond donors (Lipinski definition) is 1. The molecule has 2 aromatic rings. The smallest absolute Gasteiger partial charge is 0.230 e. The van der Waals surface area contributed by atoms with Gasteiger partial charge >= 0.3 is 0 Å². The number of likely N-dealkylation sites (tertiary alicyclic amines) is 1. The predicted molar refractivity (Wildman–Crippen MR) is 123 cm³/mol. The molecular formula is C22H32N6O3S. The second-order valence-corrected chi connectivity index (χ2v) is 9.70. The van der Waals surface area contributed by atoms with Crippen LogP contribution < -0.4 is 10.2 Å². The molecule has 0 saturated carbocycles. The summed E-state index contributed by atoms with van der Waals surface area (Å²) in [4.78, 5) is 28.2. The van der Waals surface area contributed by atoms with E-state index in [0.29, 0.717) is 19.6 Å². The summed E-state index contributed by atoms with van der Waals surface area (Å²) in [6, 6.07) is 3.93. The van der Waals surface area contributed by atoms with Crippen molar-refractivity contribution in [3.63, 3.8) is 0 Å². The minimum atomic E-state index is -0.0165. The van der Waals surface area contributed by atoms with E-state index in [1.165, 1.54) is 11.8 Å². The molecule has 174 valence electrons. The summed E-state index contributed by atoms with van der Waals surface area (Å²) in [6.45, 7) is 7.73. The van der Waals surface area contributed by atoms with Gasteiger partial charge in [0.15, 0.2) is 5.16 Å². The quantitative estimate of drug-likeness (QED) is 0.634. The fourth-order valence-corrected chi connectivity index (χ4v) is 5.01. The third-order valence-electron chi connectivity index (χ3n) is 6.30. The van der Waals surface area contributed by atoms with Crippen molar-refractivity contribution in [1.29, 1.82) is 0 Å². The van der Waals surface area contributed by atoms with Gasteiger partial charge in [0, 0.05) is 39.1 Å². The Kier molecular flexibility index (Phi) is 7.39. The fourth-order valence-electron chi connectivity index (χ4n) is 4.27. The minimum Gasteiger partial charge on any atom is -0.467 e. The lowest BCUT2D eigenvalue weighted by Crippen LogP contribution is -2.46. The van der Waals surface area contributed by atoms with Gasteiger partial charge in [-0.25, -0.2) is 0 Å². The van der Waals surface area contributed by atoms with Crippen LogP contribution in [-0.4, -0.2) is 69.5 Å². The van der Waals surface area contributed by atoms with Crippen LogP contribution in [0, 0.1) is 5.92 Å². The molecule has 0 unspecified atom stereocenters. The number of amides is 2. The lowest BCUT2D eigenvalue weighted by Gasteiger charge is -2.31. The van der Waals surface area contributed by atoms with Crippen LogP contribution in [0.1, 0.15) is 45.3 Å². The second kappa shape index (κ2) is 10.4. The Morgan fingerprint density at radius 1 is 1.16 bits per heavy atom. The topological polar surface area (TPSA) is 96.5 Å². The molecule has 32 heavy (non-hydrogen) atoms. The molecule has 4 heterocycles. The maximum absolute atomic E-state index is 12.6. The number of aromatic nitrogens is 3. The van der Waals surface area contributed by atoms with Crippen LogP contribution in [0.15, 0.2) is 28.0 Å². The molecule has 0 radical (unpaired) electrons. The van der Waals surface area contributed by atoms with Gasteiger partial charge in [0.1, 0.15) is 5.76 Å². The largest absolute Gasteiger partial charge is 0.467 e. The van der Waals surface area contributed by atoms with Crippen LogP contribution in [0.4, 0.5) is 5.95 Å². The van der Waals surface area contributed by atoms with Crippen LogP contribution >= 0.6 is 11.8 Å². The van der Waals surface area contributed by atoms with Crippen molar-refractivity contribution in [2.24, 2.45) is 5.92 Å². The molecule has 0 atom stereocenters. The molecule has 2 aliphatic heterocycles. The van der Waals surface area contributed by atoms with Gasteiger partial charge in [0.25, 0.3) is 0 Å². The molecular weight excluding hydrogens is 428 g/mol. The molecule has 10 heteroatoms. The van der Waals surface area contributed by atoms with E-state index >= 15 is 0 Å². The molecule has 0 aromatic carbocycles. The number of piperidine rings is 2. The van der Waals surface area contributed by atoms with Gasteiger partial charge in [0.05, 0.1) is 18.6 Å². The summed E-state index contributed by atoms with van der Waals surface area (Å²) in [5, 5.41) is 12.7. The Hall–Kier alpha value is -2.49. The highest BCUT2D eigenvalue weighted by molar-refractivity contribution is 7.99. The first-order valence-electron chi connectivity index (χ1n) is 11.4.